The second-order valence-corrected chi connectivity index (χ2v) is 5.76. The Kier molecular flexibility index (Phi) is 3.33. The van der Waals surface area contributed by atoms with E-state index >= 15 is 0 Å². The van der Waals surface area contributed by atoms with Gasteiger partial charge in [-0.15, -0.1) is 0 Å². The van der Waals surface area contributed by atoms with Crippen molar-refractivity contribution in [2.45, 2.75) is 12.8 Å². The zero-order valence-corrected chi connectivity index (χ0v) is 13.0. The van der Waals surface area contributed by atoms with E-state index in [0.29, 0.717) is 5.56 Å². The fourth-order valence-corrected chi connectivity index (χ4v) is 3.20. The minimum atomic E-state index is -0.375. The van der Waals surface area contributed by atoms with Gasteiger partial charge in [0.25, 0.3) is 0 Å². The van der Waals surface area contributed by atoms with Gasteiger partial charge in [-0.25, -0.2) is 9.78 Å². The number of anilines is 1. The molecule has 0 bridgehead atoms. The van der Waals surface area contributed by atoms with Crippen molar-refractivity contribution in [1.29, 1.82) is 0 Å². The summed E-state index contributed by atoms with van der Waals surface area (Å²) in [5, 5.41) is 1.91. The van der Waals surface area contributed by atoms with Crippen LogP contribution < -0.4 is 4.90 Å². The van der Waals surface area contributed by atoms with Gasteiger partial charge in [0.2, 0.25) is 0 Å². The molecular formula is C18H17N3O2. The smallest absolute Gasteiger partial charge is 0.339 e. The van der Waals surface area contributed by atoms with E-state index in [0.717, 1.165) is 40.7 Å². The van der Waals surface area contributed by atoms with Crippen LogP contribution in [0.3, 0.4) is 0 Å². The molecular weight excluding hydrogens is 290 g/mol. The summed E-state index contributed by atoms with van der Waals surface area (Å²) < 4.78 is 4.83. The Hall–Kier alpha value is -2.69. The third-order valence-electron chi connectivity index (χ3n) is 4.34. The number of nitrogens with zero attached hydrogens (tertiary/aromatic N) is 3. The monoisotopic (exact) mass is 307 g/mol. The van der Waals surface area contributed by atoms with E-state index in [1.165, 1.54) is 20.0 Å². The second-order valence-electron chi connectivity index (χ2n) is 5.76. The van der Waals surface area contributed by atoms with E-state index in [-0.39, 0.29) is 5.97 Å². The first kappa shape index (κ1) is 13.9. The van der Waals surface area contributed by atoms with E-state index in [1.54, 1.807) is 6.20 Å². The highest BCUT2D eigenvalue weighted by Crippen LogP contribution is 2.32. The van der Waals surface area contributed by atoms with Crippen molar-refractivity contribution in [1.82, 2.24) is 9.97 Å². The van der Waals surface area contributed by atoms with Crippen LogP contribution in [-0.4, -0.2) is 36.1 Å². The molecule has 0 spiro atoms. The van der Waals surface area contributed by atoms with Gasteiger partial charge >= 0.3 is 5.97 Å². The van der Waals surface area contributed by atoms with Crippen LogP contribution in [0.15, 0.2) is 36.5 Å². The van der Waals surface area contributed by atoms with Crippen LogP contribution in [0, 0.1) is 0 Å². The molecule has 0 unspecified atom stereocenters. The molecule has 0 aliphatic carbocycles. The van der Waals surface area contributed by atoms with Crippen LogP contribution in [0.2, 0.25) is 0 Å². The molecule has 3 heterocycles. The lowest BCUT2D eigenvalue weighted by Gasteiger charge is -2.19. The lowest BCUT2D eigenvalue weighted by Crippen LogP contribution is -2.19. The van der Waals surface area contributed by atoms with E-state index in [2.05, 4.69) is 9.88 Å². The Morgan fingerprint density at radius 2 is 1.96 bits per heavy atom. The molecule has 0 atom stereocenters. The molecule has 1 fully saturated rings. The number of benzene rings is 1. The Labute approximate surface area is 133 Å². The summed E-state index contributed by atoms with van der Waals surface area (Å²) in [7, 11) is 1.38. The average molecular weight is 307 g/mol. The van der Waals surface area contributed by atoms with Crippen LogP contribution in [0.4, 0.5) is 5.82 Å². The Morgan fingerprint density at radius 1 is 1.17 bits per heavy atom. The summed E-state index contributed by atoms with van der Waals surface area (Å²) in [6, 6.07) is 9.83. The number of hydrogen-bond acceptors (Lipinski definition) is 5. The number of fused-ring (bicyclic) bond motifs is 3. The normalized spacial score (nSPS) is 14.6. The van der Waals surface area contributed by atoms with Gasteiger partial charge in [0.1, 0.15) is 5.82 Å². The molecule has 1 aliphatic rings. The first-order valence-electron chi connectivity index (χ1n) is 7.79. The van der Waals surface area contributed by atoms with Crippen LogP contribution in [0.5, 0.6) is 0 Å². The highest BCUT2D eigenvalue weighted by atomic mass is 16.5. The lowest BCUT2D eigenvalue weighted by atomic mass is 10.1. The van der Waals surface area contributed by atoms with Gasteiger partial charge in [0.15, 0.2) is 0 Å². The molecule has 1 saturated heterocycles. The number of carbonyl (C=O) groups excluding carboxylic acids is 1. The zero-order chi connectivity index (χ0) is 15.8. The second kappa shape index (κ2) is 5.50. The van der Waals surface area contributed by atoms with Crippen LogP contribution in [-0.2, 0) is 4.74 Å². The summed E-state index contributed by atoms with van der Waals surface area (Å²) in [5.74, 6) is 0.536. The SMILES string of the molecule is COC(=O)c1cnc2c(c1)c(N1CCCC1)nc1ccccc12. The molecule has 0 N–H and O–H groups in total. The van der Waals surface area contributed by atoms with Crippen LogP contribution >= 0.6 is 0 Å². The Bertz CT molecular complexity index is 901. The number of rotatable bonds is 2. The molecule has 2 aromatic heterocycles. The molecule has 0 radical (unpaired) electrons. The number of aromatic nitrogens is 2. The van der Waals surface area contributed by atoms with E-state index in [1.807, 2.05) is 30.3 Å². The zero-order valence-electron chi connectivity index (χ0n) is 13.0. The summed E-state index contributed by atoms with van der Waals surface area (Å²) in [5.41, 5.74) is 2.27. The van der Waals surface area contributed by atoms with Crippen molar-refractivity contribution >= 4 is 33.6 Å². The molecule has 0 saturated carbocycles. The summed E-state index contributed by atoms with van der Waals surface area (Å²) in [4.78, 5) is 23.5. The average Bonchev–Trinajstić information content (AvgIpc) is 3.14. The number of hydrogen-bond donors (Lipinski definition) is 0. The fraction of sp³-hybridized carbons (Fsp3) is 0.278. The van der Waals surface area contributed by atoms with Gasteiger partial charge in [0.05, 0.1) is 23.7 Å². The minimum absolute atomic E-state index is 0.375. The number of pyridine rings is 2. The largest absolute Gasteiger partial charge is 0.465 e. The molecule has 4 rings (SSSR count). The predicted molar refractivity (Wildman–Crippen MR) is 89.8 cm³/mol. The van der Waals surface area contributed by atoms with Crippen molar-refractivity contribution < 1.29 is 9.53 Å². The topological polar surface area (TPSA) is 55.3 Å². The number of carbonyl (C=O) groups is 1. The Balaban J connectivity index is 2.03. The maximum absolute atomic E-state index is 11.9. The van der Waals surface area contributed by atoms with Crippen LogP contribution in [0.25, 0.3) is 21.8 Å². The van der Waals surface area contributed by atoms with Crippen molar-refractivity contribution in [2.75, 3.05) is 25.1 Å². The first-order valence-corrected chi connectivity index (χ1v) is 7.79. The van der Waals surface area contributed by atoms with Gasteiger partial charge in [0, 0.05) is 30.1 Å². The van der Waals surface area contributed by atoms with E-state index in [9.17, 15) is 4.79 Å². The highest BCUT2D eigenvalue weighted by Gasteiger charge is 2.20. The van der Waals surface area contributed by atoms with Gasteiger partial charge < -0.3 is 9.64 Å². The van der Waals surface area contributed by atoms with E-state index < -0.39 is 0 Å². The quantitative estimate of drug-likeness (QED) is 0.537. The number of esters is 1. The third-order valence-corrected chi connectivity index (χ3v) is 4.34. The number of methoxy groups -OCH3 is 1. The predicted octanol–water partition coefficient (Wildman–Crippen LogP) is 3.17. The number of para-hydroxylation sites is 1. The maximum Gasteiger partial charge on any atom is 0.339 e. The highest BCUT2D eigenvalue weighted by molar-refractivity contribution is 6.09. The van der Waals surface area contributed by atoms with Gasteiger partial charge in [-0.3, -0.25) is 4.98 Å². The maximum atomic E-state index is 11.9. The molecule has 1 aromatic carbocycles. The third kappa shape index (κ3) is 2.29. The summed E-state index contributed by atoms with van der Waals surface area (Å²) in [6.45, 7) is 1.98. The molecule has 3 aromatic rings. The summed E-state index contributed by atoms with van der Waals surface area (Å²) in [6.07, 6.45) is 3.91. The fourth-order valence-electron chi connectivity index (χ4n) is 3.20. The van der Waals surface area contributed by atoms with Gasteiger partial charge in [-0.2, -0.15) is 0 Å². The van der Waals surface area contributed by atoms with Crippen LogP contribution in [0.1, 0.15) is 23.2 Å². The summed E-state index contributed by atoms with van der Waals surface area (Å²) >= 11 is 0. The molecule has 5 nitrogen and oxygen atoms in total. The van der Waals surface area contributed by atoms with E-state index in [4.69, 9.17) is 9.72 Å². The Morgan fingerprint density at radius 3 is 2.74 bits per heavy atom. The number of ether oxygens (including phenoxy) is 1. The first-order chi connectivity index (χ1) is 11.3. The van der Waals surface area contributed by atoms with Gasteiger partial charge in [-0.1, -0.05) is 18.2 Å². The lowest BCUT2D eigenvalue weighted by molar-refractivity contribution is 0.0600. The molecule has 1 aliphatic heterocycles. The van der Waals surface area contributed by atoms with Crippen molar-refractivity contribution in [2.24, 2.45) is 0 Å². The van der Waals surface area contributed by atoms with Crippen molar-refractivity contribution in [3.8, 4) is 0 Å². The minimum Gasteiger partial charge on any atom is -0.465 e. The molecule has 23 heavy (non-hydrogen) atoms. The standard InChI is InChI=1S/C18H17N3O2/c1-23-18(22)12-10-14-16(19-11-12)13-6-2-3-7-15(13)20-17(14)21-8-4-5-9-21/h2-3,6-7,10-11H,4-5,8-9H2,1H3. The van der Waals surface area contributed by atoms with Crippen molar-refractivity contribution in [3.05, 3.63) is 42.1 Å². The van der Waals surface area contributed by atoms with Crippen molar-refractivity contribution in [3.63, 3.8) is 0 Å². The molecule has 5 heteroatoms. The molecule has 0 amide bonds. The van der Waals surface area contributed by atoms with Gasteiger partial charge in [-0.05, 0) is 25.0 Å². The molecule has 116 valence electrons.